The number of nitrogens with one attached hydrogen (secondary N) is 1. The highest BCUT2D eigenvalue weighted by Crippen LogP contribution is 2.52. The molecule has 0 saturated carbocycles. The van der Waals surface area contributed by atoms with E-state index in [4.69, 9.17) is 9.47 Å². The summed E-state index contributed by atoms with van der Waals surface area (Å²) in [5, 5.41) is 0. The number of hydrogen-bond acceptors (Lipinski definition) is 5. The van der Waals surface area contributed by atoms with Gasteiger partial charge in [-0.2, -0.15) is 0 Å². The number of benzene rings is 2. The van der Waals surface area contributed by atoms with Gasteiger partial charge < -0.3 is 14.4 Å². The molecule has 1 fully saturated rings. The fourth-order valence-electron chi connectivity index (χ4n) is 4.63. The van der Waals surface area contributed by atoms with Crippen LogP contribution in [0.15, 0.2) is 42.5 Å². The minimum Gasteiger partial charge on any atom is -0.491 e. The third-order valence-corrected chi connectivity index (χ3v) is 6.47. The van der Waals surface area contributed by atoms with Crippen molar-refractivity contribution in [3.05, 3.63) is 53.6 Å². The van der Waals surface area contributed by atoms with Gasteiger partial charge >= 0.3 is 0 Å². The smallest absolute Gasteiger partial charge is 0.245 e. The van der Waals surface area contributed by atoms with E-state index in [2.05, 4.69) is 4.72 Å². The van der Waals surface area contributed by atoms with E-state index in [-0.39, 0.29) is 18.6 Å². The number of fused-ring (bicyclic) bond motifs is 4. The molecule has 1 N–H and O–H groups in total. The molecule has 1 spiro atoms. The Bertz CT molecular complexity index is 1090. The summed E-state index contributed by atoms with van der Waals surface area (Å²) in [5.74, 6) is 0.512. The van der Waals surface area contributed by atoms with Gasteiger partial charge in [0.25, 0.3) is 0 Å². The molecular weight excluding hydrogens is 392 g/mol. The molecule has 2 aromatic carbocycles. The first-order chi connectivity index (χ1) is 13.9. The fourth-order valence-corrected chi connectivity index (χ4v) is 5.19. The Kier molecular flexibility index (Phi) is 4.11. The minimum absolute atomic E-state index is 0.0169. The van der Waals surface area contributed by atoms with Crippen LogP contribution in [0.1, 0.15) is 24.0 Å². The Labute approximate surface area is 169 Å². The van der Waals surface area contributed by atoms with Crippen LogP contribution in [0.25, 0.3) is 0 Å². The van der Waals surface area contributed by atoms with E-state index >= 15 is 0 Å². The molecular formula is C21H22N2O5S. The van der Waals surface area contributed by atoms with Crippen molar-refractivity contribution in [2.24, 2.45) is 0 Å². The zero-order valence-corrected chi connectivity index (χ0v) is 16.9. The minimum atomic E-state index is -3.40. The van der Waals surface area contributed by atoms with Crippen LogP contribution in [0.3, 0.4) is 0 Å². The van der Waals surface area contributed by atoms with Gasteiger partial charge in [0, 0.05) is 23.9 Å². The van der Waals surface area contributed by atoms with Crippen LogP contribution in [0.2, 0.25) is 0 Å². The summed E-state index contributed by atoms with van der Waals surface area (Å²) in [6, 6.07) is 12.9. The van der Waals surface area contributed by atoms with E-state index in [1.165, 1.54) is 0 Å². The normalized spacial score (nSPS) is 25.2. The average molecular weight is 414 g/mol. The molecule has 2 atom stereocenters. The lowest BCUT2D eigenvalue weighted by molar-refractivity contribution is -0.122. The molecule has 7 nitrogen and oxygen atoms in total. The molecule has 0 bridgehead atoms. The monoisotopic (exact) mass is 414 g/mol. The predicted octanol–water partition coefficient (Wildman–Crippen LogP) is 2.26. The molecule has 29 heavy (non-hydrogen) atoms. The summed E-state index contributed by atoms with van der Waals surface area (Å²) in [7, 11) is -3.40. The van der Waals surface area contributed by atoms with E-state index in [0.29, 0.717) is 18.0 Å². The van der Waals surface area contributed by atoms with E-state index < -0.39 is 15.4 Å². The second kappa shape index (κ2) is 6.47. The predicted molar refractivity (Wildman–Crippen MR) is 109 cm³/mol. The standard InChI is InChI=1S/C21H22N2O5S/c1-29(25,26)22-14-8-9-17-19(11-14)28-13-21(17)16-6-2-3-7-18(16)23(20(21)24)12-15-5-4-10-27-15/h2-3,6-9,11,15,22H,4-5,10,12-13H2,1H3. The van der Waals surface area contributed by atoms with Crippen molar-refractivity contribution in [2.45, 2.75) is 24.4 Å². The molecule has 3 aliphatic rings. The zero-order chi connectivity index (χ0) is 20.2. The van der Waals surface area contributed by atoms with Crippen molar-refractivity contribution in [2.75, 3.05) is 35.6 Å². The molecule has 3 aliphatic heterocycles. The Balaban J connectivity index is 1.57. The number of anilines is 2. The van der Waals surface area contributed by atoms with Crippen molar-refractivity contribution in [1.29, 1.82) is 0 Å². The van der Waals surface area contributed by atoms with Gasteiger partial charge in [-0.25, -0.2) is 8.42 Å². The zero-order valence-electron chi connectivity index (χ0n) is 16.1. The van der Waals surface area contributed by atoms with Gasteiger partial charge in [0.05, 0.1) is 24.6 Å². The maximum atomic E-state index is 13.7. The molecule has 0 aromatic heterocycles. The topological polar surface area (TPSA) is 84.9 Å². The van der Waals surface area contributed by atoms with Crippen LogP contribution in [-0.2, 0) is 25.0 Å². The molecule has 0 aliphatic carbocycles. The van der Waals surface area contributed by atoms with E-state index in [9.17, 15) is 13.2 Å². The molecule has 2 unspecified atom stereocenters. The average Bonchev–Trinajstić information content (AvgIpc) is 3.37. The van der Waals surface area contributed by atoms with Crippen molar-refractivity contribution < 1.29 is 22.7 Å². The van der Waals surface area contributed by atoms with Crippen LogP contribution in [0, 0.1) is 0 Å². The highest BCUT2D eigenvalue weighted by molar-refractivity contribution is 7.92. The summed E-state index contributed by atoms with van der Waals surface area (Å²) in [6.45, 7) is 1.46. The van der Waals surface area contributed by atoms with Crippen LogP contribution >= 0.6 is 0 Å². The Morgan fingerprint density at radius 1 is 1.21 bits per heavy atom. The number of ether oxygens (including phenoxy) is 2. The van der Waals surface area contributed by atoms with Gasteiger partial charge in [-0.15, -0.1) is 0 Å². The van der Waals surface area contributed by atoms with Gasteiger partial charge in [0.1, 0.15) is 17.8 Å². The third-order valence-electron chi connectivity index (χ3n) is 5.86. The lowest BCUT2D eigenvalue weighted by atomic mass is 9.77. The Hall–Kier alpha value is -2.58. The summed E-state index contributed by atoms with van der Waals surface area (Å²) < 4.78 is 37.3. The quantitative estimate of drug-likeness (QED) is 0.830. The van der Waals surface area contributed by atoms with Crippen LogP contribution < -0.4 is 14.4 Å². The van der Waals surface area contributed by atoms with Gasteiger partial charge in [-0.3, -0.25) is 9.52 Å². The first-order valence-corrected chi connectivity index (χ1v) is 11.6. The van der Waals surface area contributed by atoms with Crippen molar-refractivity contribution in [3.8, 4) is 5.75 Å². The molecule has 5 rings (SSSR count). The summed E-state index contributed by atoms with van der Waals surface area (Å²) >= 11 is 0. The molecule has 3 heterocycles. The lowest BCUT2D eigenvalue weighted by Crippen LogP contribution is -2.44. The molecule has 1 amide bonds. The first kappa shape index (κ1) is 18.4. The molecule has 0 radical (unpaired) electrons. The number of amides is 1. The van der Waals surface area contributed by atoms with Crippen LogP contribution in [0.5, 0.6) is 5.75 Å². The number of sulfonamides is 1. The van der Waals surface area contributed by atoms with Gasteiger partial charge in [-0.1, -0.05) is 24.3 Å². The summed E-state index contributed by atoms with van der Waals surface area (Å²) in [5.41, 5.74) is 2.09. The Morgan fingerprint density at radius 3 is 2.79 bits per heavy atom. The van der Waals surface area contributed by atoms with E-state index in [0.717, 1.165) is 42.5 Å². The molecule has 8 heteroatoms. The maximum Gasteiger partial charge on any atom is 0.245 e. The molecule has 1 saturated heterocycles. The lowest BCUT2D eigenvalue weighted by Gasteiger charge is -2.24. The summed E-state index contributed by atoms with van der Waals surface area (Å²) in [4.78, 5) is 15.6. The second-order valence-corrected chi connectivity index (χ2v) is 9.60. The fraction of sp³-hybridized carbons (Fsp3) is 0.381. The summed E-state index contributed by atoms with van der Waals surface area (Å²) in [6.07, 6.45) is 3.11. The third kappa shape index (κ3) is 2.89. The number of nitrogens with zero attached hydrogens (tertiary/aromatic N) is 1. The van der Waals surface area contributed by atoms with E-state index in [1.54, 1.807) is 18.2 Å². The Morgan fingerprint density at radius 2 is 2.03 bits per heavy atom. The van der Waals surface area contributed by atoms with E-state index in [1.807, 2.05) is 29.2 Å². The molecule has 2 aromatic rings. The number of para-hydroxylation sites is 1. The largest absolute Gasteiger partial charge is 0.491 e. The highest BCUT2D eigenvalue weighted by atomic mass is 32.2. The number of rotatable bonds is 4. The van der Waals surface area contributed by atoms with Crippen molar-refractivity contribution in [1.82, 2.24) is 0 Å². The molecule has 152 valence electrons. The first-order valence-electron chi connectivity index (χ1n) is 9.67. The van der Waals surface area contributed by atoms with Crippen molar-refractivity contribution in [3.63, 3.8) is 0 Å². The number of carbonyl (C=O) groups excluding carboxylic acids is 1. The van der Waals surface area contributed by atoms with Crippen LogP contribution in [0.4, 0.5) is 11.4 Å². The van der Waals surface area contributed by atoms with Crippen molar-refractivity contribution >= 4 is 27.3 Å². The van der Waals surface area contributed by atoms with Gasteiger partial charge in [0.2, 0.25) is 15.9 Å². The number of carbonyl (C=O) groups is 1. The second-order valence-electron chi connectivity index (χ2n) is 7.85. The maximum absolute atomic E-state index is 13.7. The SMILES string of the molecule is CS(=O)(=O)Nc1ccc2c(c1)OCC21C(=O)N(CC2CCCO2)c2ccccc21. The number of hydrogen-bond donors (Lipinski definition) is 1. The van der Waals surface area contributed by atoms with Gasteiger partial charge in [-0.05, 0) is 30.5 Å². The highest BCUT2D eigenvalue weighted by Gasteiger charge is 2.57. The van der Waals surface area contributed by atoms with Gasteiger partial charge in [0.15, 0.2) is 0 Å². The van der Waals surface area contributed by atoms with Crippen LogP contribution in [-0.4, -0.2) is 46.4 Å².